The van der Waals surface area contributed by atoms with Crippen LogP contribution in [0.2, 0.25) is 0 Å². The first kappa shape index (κ1) is 15.4. The molecule has 0 radical (unpaired) electrons. The lowest BCUT2D eigenvalue weighted by Crippen LogP contribution is -2.05. The smallest absolute Gasteiger partial charge is 0.222 e. The molecule has 4 N–H and O–H groups in total. The molecule has 0 aliphatic heterocycles. The van der Waals surface area contributed by atoms with Gasteiger partial charge in [-0.25, -0.2) is 9.37 Å². The van der Waals surface area contributed by atoms with Crippen molar-refractivity contribution < 1.29 is 4.39 Å². The lowest BCUT2D eigenvalue weighted by atomic mass is 9.99. The Morgan fingerprint density at radius 3 is 2.42 bits per heavy atom. The Morgan fingerprint density at radius 2 is 1.71 bits per heavy atom. The zero-order valence-corrected chi connectivity index (χ0v) is 12.9. The molecule has 0 unspecified atom stereocenters. The fraction of sp³-hybridized carbons (Fsp3) is 0.0556. The van der Waals surface area contributed by atoms with Crippen LogP contribution in [0.1, 0.15) is 11.1 Å². The number of hydrogen-bond acceptors (Lipinski definition) is 5. The average Bonchev–Trinajstić information content (AvgIpc) is 2.57. The predicted molar refractivity (Wildman–Crippen MR) is 91.1 cm³/mol. The summed E-state index contributed by atoms with van der Waals surface area (Å²) in [5.74, 6) is -0.244. The van der Waals surface area contributed by atoms with Gasteiger partial charge in [-0.05, 0) is 35.7 Å². The molecular weight excluding hydrogens is 305 g/mol. The zero-order valence-electron chi connectivity index (χ0n) is 12.9. The lowest BCUT2D eigenvalue weighted by Gasteiger charge is -2.09. The van der Waals surface area contributed by atoms with Gasteiger partial charge in [-0.2, -0.15) is 10.2 Å². The quantitative estimate of drug-likeness (QED) is 0.754. The fourth-order valence-corrected chi connectivity index (χ4v) is 2.43. The minimum absolute atomic E-state index is 0.00622. The molecule has 3 aromatic rings. The maximum absolute atomic E-state index is 13.8. The maximum Gasteiger partial charge on any atom is 0.222 e. The number of aromatic nitrogens is 2. The van der Waals surface area contributed by atoms with Gasteiger partial charge < -0.3 is 11.5 Å². The highest BCUT2D eigenvalue weighted by molar-refractivity contribution is 5.77. The molecule has 0 bridgehead atoms. The normalized spacial score (nSPS) is 10.4. The SMILES string of the molecule is Cc1ccc(-c2cccc(-c3nc(N)nc(N)c3C#N)c2)cc1F. The second-order valence-electron chi connectivity index (χ2n) is 5.35. The van der Waals surface area contributed by atoms with E-state index in [4.69, 9.17) is 11.5 Å². The first-order valence-corrected chi connectivity index (χ1v) is 7.19. The van der Waals surface area contributed by atoms with Gasteiger partial charge in [0.15, 0.2) is 0 Å². The van der Waals surface area contributed by atoms with Crippen LogP contribution in [-0.2, 0) is 0 Å². The molecule has 24 heavy (non-hydrogen) atoms. The number of halogens is 1. The molecule has 6 heteroatoms. The Bertz CT molecular complexity index is 976. The van der Waals surface area contributed by atoms with Gasteiger partial charge in [0.1, 0.15) is 23.3 Å². The van der Waals surface area contributed by atoms with Crippen LogP contribution in [0.3, 0.4) is 0 Å². The van der Waals surface area contributed by atoms with E-state index < -0.39 is 0 Å². The van der Waals surface area contributed by atoms with Gasteiger partial charge >= 0.3 is 0 Å². The molecule has 0 spiro atoms. The summed E-state index contributed by atoms with van der Waals surface area (Å²) in [6, 6.07) is 14.3. The van der Waals surface area contributed by atoms with Crippen molar-refractivity contribution in [1.82, 2.24) is 9.97 Å². The van der Waals surface area contributed by atoms with Crippen LogP contribution < -0.4 is 11.5 Å². The van der Waals surface area contributed by atoms with Crippen LogP contribution in [0.5, 0.6) is 0 Å². The number of rotatable bonds is 2. The Kier molecular flexibility index (Phi) is 3.84. The first-order valence-electron chi connectivity index (χ1n) is 7.19. The molecule has 3 rings (SSSR count). The van der Waals surface area contributed by atoms with E-state index in [1.165, 1.54) is 6.07 Å². The number of benzene rings is 2. The van der Waals surface area contributed by atoms with Crippen molar-refractivity contribution in [1.29, 1.82) is 5.26 Å². The summed E-state index contributed by atoms with van der Waals surface area (Å²) in [4.78, 5) is 7.94. The Hall–Kier alpha value is -3.46. The second kappa shape index (κ2) is 5.97. The van der Waals surface area contributed by atoms with Crippen LogP contribution in [0.25, 0.3) is 22.4 Å². The summed E-state index contributed by atoms with van der Waals surface area (Å²) < 4.78 is 13.8. The highest BCUT2D eigenvalue weighted by Crippen LogP contribution is 2.29. The molecule has 0 aliphatic carbocycles. The Morgan fingerprint density at radius 1 is 1.00 bits per heavy atom. The molecule has 1 aromatic heterocycles. The van der Waals surface area contributed by atoms with Crippen molar-refractivity contribution in [3.05, 3.63) is 59.4 Å². The van der Waals surface area contributed by atoms with E-state index in [2.05, 4.69) is 9.97 Å². The number of nitriles is 1. The maximum atomic E-state index is 13.8. The van der Waals surface area contributed by atoms with E-state index in [1.807, 2.05) is 24.3 Å². The fourth-order valence-electron chi connectivity index (χ4n) is 2.43. The largest absolute Gasteiger partial charge is 0.382 e. The number of nitrogens with zero attached hydrogens (tertiary/aromatic N) is 3. The molecule has 0 fully saturated rings. The third-order valence-electron chi connectivity index (χ3n) is 3.71. The van der Waals surface area contributed by atoms with E-state index in [-0.39, 0.29) is 23.1 Å². The number of nitrogens with two attached hydrogens (primary N) is 2. The predicted octanol–water partition coefficient (Wildman–Crippen LogP) is 3.29. The second-order valence-corrected chi connectivity index (χ2v) is 5.35. The zero-order chi connectivity index (χ0) is 17.3. The number of nitrogen functional groups attached to an aromatic ring is 2. The summed E-state index contributed by atoms with van der Waals surface area (Å²) in [5, 5.41) is 9.30. The summed E-state index contributed by atoms with van der Waals surface area (Å²) >= 11 is 0. The van der Waals surface area contributed by atoms with Gasteiger partial charge in [0.25, 0.3) is 0 Å². The van der Waals surface area contributed by atoms with Crippen molar-refractivity contribution >= 4 is 11.8 Å². The van der Waals surface area contributed by atoms with Crippen molar-refractivity contribution in [2.24, 2.45) is 0 Å². The first-order chi connectivity index (χ1) is 11.5. The molecule has 2 aromatic carbocycles. The average molecular weight is 319 g/mol. The standard InChI is InChI=1S/C18H14FN5/c1-10-5-6-12(8-15(10)19)11-3-2-4-13(7-11)16-14(9-20)17(21)24-18(22)23-16/h2-8H,1H3,(H4,21,22,23,24). The van der Waals surface area contributed by atoms with Crippen molar-refractivity contribution in [3.8, 4) is 28.5 Å². The monoisotopic (exact) mass is 319 g/mol. The molecule has 0 saturated heterocycles. The van der Waals surface area contributed by atoms with Crippen molar-refractivity contribution in [3.63, 3.8) is 0 Å². The number of anilines is 2. The van der Waals surface area contributed by atoms with E-state index in [1.54, 1.807) is 25.1 Å². The van der Waals surface area contributed by atoms with E-state index in [9.17, 15) is 9.65 Å². The molecule has 0 saturated carbocycles. The van der Waals surface area contributed by atoms with Gasteiger partial charge in [-0.1, -0.05) is 30.3 Å². The summed E-state index contributed by atoms with van der Waals surface area (Å²) in [5.41, 5.74) is 14.7. The summed E-state index contributed by atoms with van der Waals surface area (Å²) in [6.07, 6.45) is 0. The minimum atomic E-state index is -0.272. The molecule has 1 heterocycles. The molecule has 5 nitrogen and oxygen atoms in total. The van der Waals surface area contributed by atoms with Gasteiger partial charge in [0.05, 0.1) is 5.69 Å². The van der Waals surface area contributed by atoms with Crippen molar-refractivity contribution in [2.75, 3.05) is 11.5 Å². The van der Waals surface area contributed by atoms with E-state index in [0.29, 0.717) is 16.8 Å². The topological polar surface area (TPSA) is 102 Å². The van der Waals surface area contributed by atoms with Gasteiger partial charge in [0.2, 0.25) is 5.95 Å². The molecule has 118 valence electrons. The van der Waals surface area contributed by atoms with Crippen LogP contribution in [0, 0.1) is 24.1 Å². The lowest BCUT2D eigenvalue weighted by molar-refractivity contribution is 0.619. The van der Waals surface area contributed by atoms with Crippen LogP contribution >= 0.6 is 0 Å². The van der Waals surface area contributed by atoms with Gasteiger partial charge in [-0.15, -0.1) is 0 Å². The van der Waals surface area contributed by atoms with Gasteiger partial charge in [-0.3, -0.25) is 0 Å². The highest BCUT2D eigenvalue weighted by atomic mass is 19.1. The highest BCUT2D eigenvalue weighted by Gasteiger charge is 2.14. The van der Waals surface area contributed by atoms with E-state index in [0.717, 1.165) is 11.1 Å². The van der Waals surface area contributed by atoms with E-state index >= 15 is 0 Å². The molecule has 0 amide bonds. The Balaban J connectivity index is 2.16. The van der Waals surface area contributed by atoms with Gasteiger partial charge in [0, 0.05) is 5.56 Å². The Labute approximate surface area is 138 Å². The van der Waals surface area contributed by atoms with Crippen LogP contribution in [0.15, 0.2) is 42.5 Å². The molecular formula is C18H14FN5. The van der Waals surface area contributed by atoms with Crippen molar-refractivity contribution in [2.45, 2.75) is 6.92 Å². The minimum Gasteiger partial charge on any atom is -0.382 e. The third kappa shape index (κ3) is 2.75. The third-order valence-corrected chi connectivity index (χ3v) is 3.71. The molecule has 0 atom stereocenters. The summed E-state index contributed by atoms with van der Waals surface area (Å²) in [7, 11) is 0. The van der Waals surface area contributed by atoms with Crippen LogP contribution in [0.4, 0.5) is 16.2 Å². The number of hydrogen-bond donors (Lipinski definition) is 2. The number of aryl methyl sites for hydroxylation is 1. The summed E-state index contributed by atoms with van der Waals surface area (Å²) in [6.45, 7) is 1.71. The van der Waals surface area contributed by atoms with Crippen LogP contribution in [-0.4, -0.2) is 9.97 Å². The molecule has 0 aliphatic rings.